The van der Waals surface area contributed by atoms with Gasteiger partial charge in [0.25, 0.3) is 5.91 Å². The zero-order chi connectivity index (χ0) is 16.8. The van der Waals surface area contributed by atoms with Gasteiger partial charge in [-0.25, -0.2) is 8.78 Å². The van der Waals surface area contributed by atoms with Gasteiger partial charge < -0.3 is 9.88 Å². The van der Waals surface area contributed by atoms with Crippen LogP contribution in [0.5, 0.6) is 0 Å². The molecule has 4 rings (SSSR count). The summed E-state index contributed by atoms with van der Waals surface area (Å²) in [6.07, 6.45) is 0.601. The number of nitrogens with zero attached hydrogens (tertiary/aromatic N) is 1. The maximum atomic E-state index is 14.0. The van der Waals surface area contributed by atoms with Crippen LogP contribution in [0.4, 0.5) is 8.78 Å². The lowest BCUT2D eigenvalue weighted by molar-refractivity contribution is 0.0730. The summed E-state index contributed by atoms with van der Waals surface area (Å²) >= 11 is 6.00. The Bertz CT molecular complexity index is 947. The molecule has 0 saturated carbocycles. The van der Waals surface area contributed by atoms with E-state index in [2.05, 4.69) is 4.98 Å². The molecule has 0 saturated heterocycles. The number of hydrogen-bond acceptors (Lipinski definition) is 1. The Morgan fingerprint density at radius 3 is 2.83 bits per heavy atom. The fraction of sp³-hybridized carbons (Fsp3) is 0.167. The molecule has 1 aromatic heterocycles. The van der Waals surface area contributed by atoms with Gasteiger partial charge in [-0.2, -0.15) is 0 Å². The van der Waals surface area contributed by atoms with Crippen LogP contribution < -0.4 is 0 Å². The lowest BCUT2D eigenvalue weighted by Crippen LogP contribution is -2.36. The van der Waals surface area contributed by atoms with Crippen LogP contribution in [0.1, 0.15) is 21.6 Å². The lowest BCUT2D eigenvalue weighted by Gasteiger charge is -2.27. The molecule has 1 N–H and O–H groups in total. The van der Waals surface area contributed by atoms with Crippen LogP contribution >= 0.6 is 11.6 Å². The molecule has 0 bridgehead atoms. The minimum Gasteiger partial charge on any atom is -0.358 e. The van der Waals surface area contributed by atoms with Gasteiger partial charge in [-0.3, -0.25) is 4.79 Å². The van der Waals surface area contributed by atoms with Gasteiger partial charge in [-0.15, -0.1) is 0 Å². The summed E-state index contributed by atoms with van der Waals surface area (Å²) in [5.74, 6) is -1.41. The van der Waals surface area contributed by atoms with Crippen LogP contribution in [0.2, 0.25) is 5.02 Å². The number of H-pyrrole nitrogens is 1. The topological polar surface area (TPSA) is 36.1 Å². The van der Waals surface area contributed by atoms with Gasteiger partial charge in [0.15, 0.2) is 0 Å². The minimum atomic E-state index is -0.636. The maximum Gasteiger partial charge on any atom is 0.258 e. The Balaban J connectivity index is 1.72. The third kappa shape index (κ3) is 2.36. The summed E-state index contributed by atoms with van der Waals surface area (Å²) in [7, 11) is 0. The molecule has 1 aliphatic rings. The van der Waals surface area contributed by atoms with Crippen molar-refractivity contribution in [3.05, 3.63) is 69.9 Å². The molecular weight excluding hydrogens is 334 g/mol. The Labute approximate surface area is 141 Å². The van der Waals surface area contributed by atoms with Crippen LogP contribution in [0.25, 0.3) is 10.9 Å². The second-order valence-corrected chi connectivity index (χ2v) is 6.25. The lowest BCUT2D eigenvalue weighted by atomic mass is 10.0. The van der Waals surface area contributed by atoms with Gasteiger partial charge in [0.05, 0.1) is 10.6 Å². The van der Waals surface area contributed by atoms with Gasteiger partial charge in [0.2, 0.25) is 0 Å². The number of rotatable bonds is 1. The molecule has 6 heteroatoms. The largest absolute Gasteiger partial charge is 0.358 e. The van der Waals surface area contributed by atoms with Crippen molar-refractivity contribution in [1.29, 1.82) is 0 Å². The first kappa shape index (κ1) is 15.1. The molecule has 0 spiro atoms. The molecule has 122 valence electrons. The highest BCUT2D eigenvalue weighted by molar-refractivity contribution is 6.33. The van der Waals surface area contributed by atoms with Crippen LogP contribution in [0.3, 0.4) is 0 Å². The number of amides is 1. The molecule has 3 nitrogen and oxygen atoms in total. The van der Waals surface area contributed by atoms with Gasteiger partial charge in [0, 0.05) is 41.7 Å². The number of benzene rings is 2. The van der Waals surface area contributed by atoms with E-state index < -0.39 is 11.7 Å². The summed E-state index contributed by atoms with van der Waals surface area (Å²) in [5, 5.41) is 0.845. The van der Waals surface area contributed by atoms with Crippen molar-refractivity contribution in [1.82, 2.24) is 9.88 Å². The summed E-state index contributed by atoms with van der Waals surface area (Å²) in [6.45, 7) is 0.744. The number of carbonyl (C=O) groups is 1. The normalized spacial score (nSPS) is 14.0. The van der Waals surface area contributed by atoms with Gasteiger partial charge >= 0.3 is 0 Å². The zero-order valence-corrected chi connectivity index (χ0v) is 13.3. The number of hydrogen-bond donors (Lipinski definition) is 1. The van der Waals surface area contributed by atoms with Crippen LogP contribution in [0, 0.1) is 11.6 Å². The summed E-state index contributed by atoms with van der Waals surface area (Å²) < 4.78 is 27.6. The minimum absolute atomic E-state index is 0.0933. The third-order valence-electron chi connectivity index (χ3n) is 4.40. The second-order valence-electron chi connectivity index (χ2n) is 5.85. The van der Waals surface area contributed by atoms with E-state index in [0.29, 0.717) is 19.5 Å². The number of carbonyl (C=O) groups excluding carboxylic acids is 1. The molecule has 0 aliphatic carbocycles. The SMILES string of the molecule is O=C(c1c(F)cccc1Cl)N1CCc2[nH]c3ccc(F)cc3c2C1. The highest BCUT2D eigenvalue weighted by atomic mass is 35.5. The fourth-order valence-corrected chi connectivity index (χ4v) is 3.46. The van der Waals surface area contributed by atoms with Crippen molar-refractivity contribution in [2.45, 2.75) is 13.0 Å². The van der Waals surface area contributed by atoms with Crippen molar-refractivity contribution in [3.63, 3.8) is 0 Å². The first-order valence-electron chi connectivity index (χ1n) is 7.57. The predicted octanol–water partition coefficient (Wildman–Crippen LogP) is 4.30. The Morgan fingerprint density at radius 2 is 2.04 bits per heavy atom. The van der Waals surface area contributed by atoms with Gasteiger partial charge in [-0.1, -0.05) is 17.7 Å². The number of fused-ring (bicyclic) bond motifs is 3. The highest BCUT2D eigenvalue weighted by Crippen LogP contribution is 2.30. The molecule has 1 amide bonds. The Kier molecular flexibility index (Phi) is 3.53. The number of aromatic nitrogens is 1. The number of aromatic amines is 1. The summed E-state index contributed by atoms with van der Waals surface area (Å²) in [6, 6.07) is 8.71. The predicted molar refractivity (Wildman–Crippen MR) is 88.1 cm³/mol. The average Bonchev–Trinajstić information content (AvgIpc) is 2.91. The van der Waals surface area contributed by atoms with Crippen molar-refractivity contribution in [2.75, 3.05) is 6.54 Å². The molecule has 0 unspecified atom stereocenters. The molecule has 24 heavy (non-hydrogen) atoms. The van der Waals surface area contributed by atoms with Crippen LogP contribution in [-0.2, 0) is 13.0 Å². The summed E-state index contributed by atoms with van der Waals surface area (Å²) in [4.78, 5) is 17.5. The van der Waals surface area contributed by atoms with E-state index >= 15 is 0 Å². The number of nitrogens with one attached hydrogen (secondary N) is 1. The van der Waals surface area contributed by atoms with Crippen molar-refractivity contribution in [2.24, 2.45) is 0 Å². The van der Waals surface area contributed by atoms with E-state index in [1.165, 1.54) is 30.3 Å². The standard InChI is InChI=1S/C18H13ClF2N2O/c19-13-2-1-3-14(21)17(13)18(24)23-7-6-16-12(9-23)11-8-10(20)4-5-15(11)22-16/h1-5,8,22H,6-7,9H2. The van der Waals surface area contributed by atoms with Crippen molar-refractivity contribution >= 4 is 28.4 Å². The maximum absolute atomic E-state index is 14.0. The van der Waals surface area contributed by atoms with Crippen LogP contribution in [0.15, 0.2) is 36.4 Å². The fourth-order valence-electron chi connectivity index (χ4n) is 3.22. The summed E-state index contributed by atoms with van der Waals surface area (Å²) in [5.41, 5.74) is 2.57. The molecule has 0 fully saturated rings. The van der Waals surface area contributed by atoms with Gasteiger partial charge in [-0.05, 0) is 30.3 Å². The molecule has 0 atom stereocenters. The van der Waals surface area contributed by atoms with E-state index in [9.17, 15) is 13.6 Å². The van der Waals surface area contributed by atoms with E-state index in [1.807, 2.05) is 0 Å². The molecule has 3 aromatic rings. The first-order chi connectivity index (χ1) is 11.5. The van der Waals surface area contributed by atoms with E-state index in [-0.39, 0.29) is 16.4 Å². The molecule has 1 aliphatic heterocycles. The molecule has 2 aromatic carbocycles. The highest BCUT2D eigenvalue weighted by Gasteiger charge is 2.27. The second kappa shape index (κ2) is 5.60. The van der Waals surface area contributed by atoms with E-state index in [0.717, 1.165) is 22.2 Å². The quantitative estimate of drug-likeness (QED) is 0.700. The smallest absolute Gasteiger partial charge is 0.258 e. The monoisotopic (exact) mass is 346 g/mol. The third-order valence-corrected chi connectivity index (χ3v) is 4.72. The van der Waals surface area contributed by atoms with E-state index in [1.54, 1.807) is 11.0 Å². The molecule has 2 heterocycles. The zero-order valence-electron chi connectivity index (χ0n) is 12.6. The van der Waals surface area contributed by atoms with Gasteiger partial charge in [0.1, 0.15) is 11.6 Å². The van der Waals surface area contributed by atoms with Crippen LogP contribution in [-0.4, -0.2) is 22.3 Å². The average molecular weight is 347 g/mol. The number of halogens is 3. The Hall–Kier alpha value is -2.40. The first-order valence-corrected chi connectivity index (χ1v) is 7.94. The van der Waals surface area contributed by atoms with Crippen molar-refractivity contribution in [3.8, 4) is 0 Å². The molecule has 0 radical (unpaired) electrons. The van der Waals surface area contributed by atoms with E-state index in [4.69, 9.17) is 11.6 Å². The Morgan fingerprint density at radius 1 is 1.21 bits per heavy atom. The molecular formula is C18H13ClF2N2O. The van der Waals surface area contributed by atoms with Crippen molar-refractivity contribution < 1.29 is 13.6 Å².